The number of carbonyl (C=O) groups is 1. The summed E-state index contributed by atoms with van der Waals surface area (Å²) in [5.41, 5.74) is 2.24. The summed E-state index contributed by atoms with van der Waals surface area (Å²) in [4.78, 5) is 10.9. The van der Waals surface area contributed by atoms with Crippen LogP contribution in [0.1, 0.15) is 11.1 Å². The number of carbonyl (C=O) groups excluding carboxylic acids is 1. The molecule has 0 saturated heterocycles. The smallest absolute Gasteiger partial charge is 0.243 e. The minimum absolute atomic E-state index is 0.0803. The summed E-state index contributed by atoms with van der Waals surface area (Å²) in [6.45, 7) is 2.02. The van der Waals surface area contributed by atoms with Crippen molar-refractivity contribution in [2.45, 2.75) is 6.92 Å². The molecule has 1 aromatic rings. The first-order valence-corrected chi connectivity index (χ1v) is 4.19. The van der Waals surface area contributed by atoms with Crippen molar-refractivity contribution in [1.82, 2.24) is 5.32 Å². The lowest BCUT2D eigenvalue weighted by Gasteiger charge is -1.97. The second-order valence-corrected chi connectivity index (χ2v) is 2.80. The molecule has 1 rings (SSSR count). The molecule has 13 heavy (non-hydrogen) atoms. The van der Waals surface area contributed by atoms with Gasteiger partial charge in [-0.2, -0.15) is 0 Å². The summed E-state index contributed by atoms with van der Waals surface area (Å²) in [7, 11) is 1.62. The van der Waals surface area contributed by atoms with Gasteiger partial charge in [-0.1, -0.05) is 24.3 Å². The molecule has 68 valence electrons. The summed E-state index contributed by atoms with van der Waals surface area (Å²) in [5.74, 6) is -0.0803. The van der Waals surface area contributed by atoms with Crippen molar-refractivity contribution in [2.75, 3.05) is 7.05 Å². The van der Waals surface area contributed by atoms with E-state index in [0.717, 1.165) is 5.56 Å². The highest BCUT2D eigenvalue weighted by Crippen LogP contribution is 2.08. The Bertz CT molecular complexity index is 329. The van der Waals surface area contributed by atoms with E-state index < -0.39 is 0 Å². The third kappa shape index (κ3) is 2.75. The van der Waals surface area contributed by atoms with Crippen LogP contribution in [0, 0.1) is 6.92 Å². The van der Waals surface area contributed by atoms with E-state index in [-0.39, 0.29) is 5.91 Å². The average Bonchev–Trinajstić information content (AvgIpc) is 2.16. The van der Waals surface area contributed by atoms with Crippen molar-refractivity contribution >= 4 is 12.0 Å². The lowest BCUT2D eigenvalue weighted by atomic mass is 10.1. The van der Waals surface area contributed by atoms with Gasteiger partial charge in [0.15, 0.2) is 0 Å². The number of hydrogen-bond donors (Lipinski definition) is 1. The quantitative estimate of drug-likeness (QED) is 0.682. The molecule has 2 nitrogen and oxygen atoms in total. The molecule has 0 fully saturated rings. The summed E-state index contributed by atoms with van der Waals surface area (Å²) in [5, 5.41) is 2.53. The van der Waals surface area contributed by atoms with Gasteiger partial charge in [0.25, 0.3) is 0 Å². The Morgan fingerprint density at radius 2 is 2.08 bits per heavy atom. The molecule has 1 N–H and O–H groups in total. The summed E-state index contributed by atoms with van der Waals surface area (Å²) >= 11 is 0. The van der Waals surface area contributed by atoms with Crippen molar-refractivity contribution in [3.8, 4) is 0 Å². The Kier molecular flexibility index (Phi) is 3.26. The van der Waals surface area contributed by atoms with Crippen LogP contribution < -0.4 is 5.32 Å². The first kappa shape index (κ1) is 9.52. The van der Waals surface area contributed by atoms with Gasteiger partial charge in [0.2, 0.25) is 5.91 Å². The molecule has 0 radical (unpaired) electrons. The van der Waals surface area contributed by atoms with Crippen molar-refractivity contribution in [3.63, 3.8) is 0 Å². The zero-order valence-electron chi connectivity index (χ0n) is 7.87. The SMILES string of the molecule is CNC(=O)/C=C\c1ccccc1C. The van der Waals surface area contributed by atoms with Gasteiger partial charge in [-0.25, -0.2) is 0 Å². The molecular weight excluding hydrogens is 162 g/mol. The van der Waals surface area contributed by atoms with Gasteiger partial charge < -0.3 is 5.32 Å². The molecule has 1 amide bonds. The van der Waals surface area contributed by atoms with Gasteiger partial charge in [0.1, 0.15) is 0 Å². The maximum absolute atomic E-state index is 10.9. The van der Waals surface area contributed by atoms with E-state index in [1.807, 2.05) is 37.3 Å². The third-order valence-corrected chi connectivity index (χ3v) is 1.85. The third-order valence-electron chi connectivity index (χ3n) is 1.85. The van der Waals surface area contributed by atoms with Gasteiger partial charge in [-0.3, -0.25) is 4.79 Å². The maximum Gasteiger partial charge on any atom is 0.243 e. The van der Waals surface area contributed by atoms with Crippen LogP contribution in [0.3, 0.4) is 0 Å². The molecule has 1 aromatic carbocycles. The molecule has 0 aliphatic carbocycles. The van der Waals surface area contributed by atoms with Crippen LogP contribution in [0.2, 0.25) is 0 Å². The second kappa shape index (κ2) is 4.45. The van der Waals surface area contributed by atoms with Crippen LogP contribution in [0.25, 0.3) is 6.08 Å². The van der Waals surface area contributed by atoms with Crippen LogP contribution in [0.5, 0.6) is 0 Å². The van der Waals surface area contributed by atoms with Crippen LogP contribution in [0.4, 0.5) is 0 Å². The van der Waals surface area contributed by atoms with Gasteiger partial charge >= 0.3 is 0 Å². The highest BCUT2D eigenvalue weighted by molar-refractivity contribution is 5.91. The molecule has 0 aliphatic heterocycles. The Morgan fingerprint density at radius 1 is 1.38 bits per heavy atom. The highest BCUT2D eigenvalue weighted by Gasteiger charge is 1.92. The maximum atomic E-state index is 10.9. The molecule has 0 spiro atoms. The number of benzene rings is 1. The standard InChI is InChI=1S/C11H13NO/c1-9-5-3-4-6-10(9)7-8-11(13)12-2/h3-8H,1-2H3,(H,12,13)/b8-7-. The molecule has 0 unspecified atom stereocenters. The number of aryl methyl sites for hydroxylation is 1. The van der Waals surface area contributed by atoms with E-state index in [9.17, 15) is 4.79 Å². The Labute approximate surface area is 78.3 Å². The fraction of sp³-hybridized carbons (Fsp3) is 0.182. The van der Waals surface area contributed by atoms with Crippen LogP contribution in [-0.2, 0) is 4.79 Å². The second-order valence-electron chi connectivity index (χ2n) is 2.80. The largest absolute Gasteiger partial charge is 0.356 e. The van der Waals surface area contributed by atoms with Crippen molar-refractivity contribution in [2.24, 2.45) is 0 Å². The molecule has 0 atom stereocenters. The fourth-order valence-corrected chi connectivity index (χ4v) is 1.02. The van der Waals surface area contributed by atoms with Crippen LogP contribution in [-0.4, -0.2) is 13.0 Å². The molecule has 2 heteroatoms. The summed E-state index contributed by atoms with van der Waals surface area (Å²) < 4.78 is 0. The van der Waals surface area contributed by atoms with Crippen molar-refractivity contribution < 1.29 is 4.79 Å². The number of nitrogens with one attached hydrogen (secondary N) is 1. The first-order chi connectivity index (χ1) is 6.24. The van der Waals surface area contributed by atoms with E-state index in [4.69, 9.17) is 0 Å². The number of rotatable bonds is 2. The highest BCUT2D eigenvalue weighted by atomic mass is 16.1. The normalized spacial score (nSPS) is 10.3. The fourth-order valence-electron chi connectivity index (χ4n) is 1.02. The summed E-state index contributed by atoms with van der Waals surface area (Å²) in [6.07, 6.45) is 3.34. The average molecular weight is 175 g/mol. The minimum atomic E-state index is -0.0803. The molecule has 0 bridgehead atoms. The summed E-state index contributed by atoms with van der Waals surface area (Å²) in [6, 6.07) is 7.93. The molecule has 0 aliphatic rings. The van der Waals surface area contributed by atoms with Crippen LogP contribution in [0.15, 0.2) is 30.3 Å². The first-order valence-electron chi connectivity index (χ1n) is 4.19. The predicted molar refractivity (Wildman–Crippen MR) is 54.3 cm³/mol. The van der Waals surface area contributed by atoms with Crippen LogP contribution >= 0.6 is 0 Å². The Balaban J connectivity index is 2.80. The van der Waals surface area contributed by atoms with Crippen molar-refractivity contribution in [1.29, 1.82) is 0 Å². The molecule has 0 heterocycles. The lowest BCUT2D eigenvalue weighted by molar-refractivity contribution is -0.115. The minimum Gasteiger partial charge on any atom is -0.356 e. The van der Waals surface area contributed by atoms with E-state index >= 15 is 0 Å². The van der Waals surface area contributed by atoms with Crippen molar-refractivity contribution in [3.05, 3.63) is 41.5 Å². The van der Waals surface area contributed by atoms with Gasteiger partial charge in [-0.05, 0) is 24.1 Å². The lowest BCUT2D eigenvalue weighted by Crippen LogP contribution is -2.13. The van der Waals surface area contributed by atoms with E-state index in [1.165, 1.54) is 11.6 Å². The Morgan fingerprint density at radius 3 is 2.69 bits per heavy atom. The zero-order chi connectivity index (χ0) is 9.68. The molecule has 0 aromatic heterocycles. The molecular formula is C11H13NO. The van der Waals surface area contributed by atoms with E-state index in [1.54, 1.807) is 7.05 Å². The number of likely N-dealkylation sites (N-methyl/N-ethyl adjacent to an activating group) is 1. The number of amides is 1. The predicted octanol–water partition coefficient (Wildman–Crippen LogP) is 1.75. The zero-order valence-corrected chi connectivity index (χ0v) is 7.87. The topological polar surface area (TPSA) is 29.1 Å². The Hall–Kier alpha value is -1.57. The molecule has 0 saturated carbocycles. The van der Waals surface area contributed by atoms with Gasteiger partial charge in [0.05, 0.1) is 0 Å². The van der Waals surface area contributed by atoms with Gasteiger partial charge in [0, 0.05) is 13.1 Å². The van der Waals surface area contributed by atoms with Gasteiger partial charge in [-0.15, -0.1) is 0 Å². The van der Waals surface area contributed by atoms with E-state index in [0.29, 0.717) is 0 Å². The monoisotopic (exact) mass is 175 g/mol. The number of hydrogen-bond acceptors (Lipinski definition) is 1. The van der Waals surface area contributed by atoms with E-state index in [2.05, 4.69) is 5.32 Å².